The molecule has 0 saturated heterocycles. The predicted octanol–water partition coefficient (Wildman–Crippen LogP) is 4.97. The van der Waals surface area contributed by atoms with Gasteiger partial charge in [0.1, 0.15) is 0 Å². The van der Waals surface area contributed by atoms with Crippen molar-refractivity contribution in [2.24, 2.45) is 0 Å². The number of fused-ring (bicyclic) bond motifs is 1. The van der Waals surface area contributed by atoms with Crippen molar-refractivity contribution >= 4 is 33.2 Å². The second-order valence-electron chi connectivity index (χ2n) is 7.76. The van der Waals surface area contributed by atoms with E-state index in [-0.39, 0.29) is 22.9 Å². The summed E-state index contributed by atoms with van der Waals surface area (Å²) in [6.45, 7) is 3.79. The molecule has 5 nitrogen and oxygen atoms in total. The average molecular weight is 455 g/mol. The fraction of sp³-hybridized carbons (Fsp3) is 0.208. The number of benzene rings is 3. The first kappa shape index (κ1) is 21.4. The van der Waals surface area contributed by atoms with Gasteiger partial charge in [0.25, 0.3) is 15.9 Å². The first-order valence-electron chi connectivity index (χ1n) is 10.1. The van der Waals surface area contributed by atoms with E-state index in [1.807, 2.05) is 26.0 Å². The van der Waals surface area contributed by atoms with Crippen LogP contribution in [0.25, 0.3) is 0 Å². The Morgan fingerprint density at radius 1 is 1.06 bits per heavy atom. The molecule has 0 aromatic heterocycles. The molecule has 7 heteroatoms. The van der Waals surface area contributed by atoms with Gasteiger partial charge in [0.15, 0.2) is 0 Å². The highest BCUT2D eigenvalue weighted by atomic mass is 35.5. The first-order valence-corrected chi connectivity index (χ1v) is 11.9. The van der Waals surface area contributed by atoms with Crippen molar-refractivity contribution in [3.63, 3.8) is 0 Å². The number of amides is 1. The Labute approximate surface area is 187 Å². The Bertz CT molecular complexity index is 1210. The summed E-state index contributed by atoms with van der Waals surface area (Å²) in [6, 6.07) is 20.5. The second-order valence-corrected chi connectivity index (χ2v) is 10.0. The number of anilines is 1. The van der Waals surface area contributed by atoms with E-state index >= 15 is 0 Å². The van der Waals surface area contributed by atoms with E-state index in [0.29, 0.717) is 22.7 Å². The standard InChI is InChI=1S/C24H23ClN2O3S/c1-16-14-20-15-19(24(28)26-17(2)18-8-11-21(25)12-9-18)10-13-23(20)27(16)31(29,30)22-6-4-3-5-7-22/h3-13,15-17H,14H2,1-2H3,(H,26,28)/t16-,17+/m1/s1. The van der Waals surface area contributed by atoms with E-state index in [0.717, 1.165) is 11.1 Å². The molecule has 0 spiro atoms. The van der Waals surface area contributed by atoms with Gasteiger partial charge in [0, 0.05) is 16.6 Å². The van der Waals surface area contributed by atoms with Crippen molar-refractivity contribution < 1.29 is 13.2 Å². The van der Waals surface area contributed by atoms with Crippen molar-refractivity contribution in [2.45, 2.75) is 37.2 Å². The Morgan fingerprint density at radius 2 is 1.74 bits per heavy atom. The maximum Gasteiger partial charge on any atom is 0.264 e. The molecular weight excluding hydrogens is 432 g/mol. The zero-order valence-corrected chi connectivity index (χ0v) is 18.8. The van der Waals surface area contributed by atoms with Crippen LogP contribution >= 0.6 is 11.6 Å². The van der Waals surface area contributed by atoms with Gasteiger partial charge in [-0.15, -0.1) is 0 Å². The molecule has 1 aliphatic heterocycles. The van der Waals surface area contributed by atoms with Gasteiger partial charge in [-0.1, -0.05) is 41.9 Å². The number of hydrogen-bond acceptors (Lipinski definition) is 3. The molecule has 160 valence electrons. The topological polar surface area (TPSA) is 66.5 Å². The third kappa shape index (κ3) is 4.18. The van der Waals surface area contributed by atoms with Gasteiger partial charge in [0.05, 0.1) is 16.6 Å². The lowest BCUT2D eigenvalue weighted by Crippen LogP contribution is -2.35. The van der Waals surface area contributed by atoms with E-state index < -0.39 is 10.0 Å². The van der Waals surface area contributed by atoms with Gasteiger partial charge in [-0.05, 0) is 73.9 Å². The van der Waals surface area contributed by atoms with Gasteiger partial charge in [0.2, 0.25) is 0 Å². The molecule has 2 atom stereocenters. The Morgan fingerprint density at radius 3 is 2.42 bits per heavy atom. The Balaban J connectivity index is 1.57. The molecule has 31 heavy (non-hydrogen) atoms. The zero-order valence-electron chi connectivity index (χ0n) is 17.2. The number of sulfonamides is 1. The van der Waals surface area contributed by atoms with Crippen LogP contribution in [0.2, 0.25) is 5.02 Å². The molecule has 0 bridgehead atoms. The van der Waals surface area contributed by atoms with Crippen molar-refractivity contribution in [3.8, 4) is 0 Å². The van der Waals surface area contributed by atoms with Crippen LogP contribution < -0.4 is 9.62 Å². The lowest BCUT2D eigenvalue weighted by atomic mass is 10.0. The summed E-state index contributed by atoms with van der Waals surface area (Å²) in [6.07, 6.45) is 0.551. The molecule has 1 amide bonds. The lowest BCUT2D eigenvalue weighted by Gasteiger charge is -2.24. The van der Waals surface area contributed by atoms with Gasteiger partial charge >= 0.3 is 0 Å². The van der Waals surface area contributed by atoms with Gasteiger partial charge < -0.3 is 5.32 Å². The molecule has 0 fully saturated rings. The number of halogens is 1. The molecule has 0 aliphatic carbocycles. The third-order valence-corrected chi connectivity index (χ3v) is 7.71. The van der Waals surface area contributed by atoms with Crippen LogP contribution in [-0.4, -0.2) is 20.4 Å². The Hall–Kier alpha value is -2.83. The third-order valence-electron chi connectivity index (χ3n) is 5.51. The summed E-state index contributed by atoms with van der Waals surface area (Å²) in [5.41, 5.74) is 2.93. The van der Waals surface area contributed by atoms with E-state index in [9.17, 15) is 13.2 Å². The molecule has 1 heterocycles. The fourth-order valence-electron chi connectivity index (χ4n) is 3.93. The van der Waals surface area contributed by atoms with Crippen LogP contribution in [0.15, 0.2) is 77.7 Å². The summed E-state index contributed by atoms with van der Waals surface area (Å²) in [5.74, 6) is -0.206. The van der Waals surface area contributed by atoms with Crippen molar-refractivity contribution in [3.05, 3.63) is 94.5 Å². The Kier molecular flexibility index (Phi) is 5.77. The van der Waals surface area contributed by atoms with Crippen LogP contribution in [0, 0.1) is 0 Å². The minimum atomic E-state index is -3.67. The minimum absolute atomic E-state index is 0.188. The SMILES string of the molecule is C[C@H](NC(=O)c1ccc2c(c1)C[C@@H](C)N2S(=O)(=O)c1ccccc1)c1ccc(Cl)cc1. The van der Waals surface area contributed by atoms with E-state index in [1.165, 1.54) is 4.31 Å². The fourth-order valence-corrected chi connectivity index (χ4v) is 5.77. The van der Waals surface area contributed by atoms with Gasteiger partial charge in [-0.2, -0.15) is 0 Å². The largest absolute Gasteiger partial charge is 0.346 e. The zero-order chi connectivity index (χ0) is 22.2. The number of nitrogens with one attached hydrogen (secondary N) is 1. The van der Waals surface area contributed by atoms with Crippen molar-refractivity contribution in [1.82, 2.24) is 5.32 Å². The summed E-state index contributed by atoms with van der Waals surface area (Å²) >= 11 is 5.93. The van der Waals surface area contributed by atoms with E-state index in [1.54, 1.807) is 60.7 Å². The van der Waals surface area contributed by atoms with Crippen LogP contribution in [0.4, 0.5) is 5.69 Å². The monoisotopic (exact) mass is 454 g/mol. The van der Waals surface area contributed by atoms with Crippen LogP contribution in [-0.2, 0) is 16.4 Å². The van der Waals surface area contributed by atoms with Crippen LogP contribution in [0.5, 0.6) is 0 Å². The molecule has 0 radical (unpaired) electrons. The molecule has 3 aromatic carbocycles. The van der Waals surface area contributed by atoms with E-state index in [4.69, 9.17) is 11.6 Å². The summed E-state index contributed by atoms with van der Waals surface area (Å²) in [4.78, 5) is 13.1. The normalized spacial score (nSPS) is 16.6. The number of carbonyl (C=O) groups is 1. The number of rotatable bonds is 5. The number of hydrogen-bond donors (Lipinski definition) is 1. The van der Waals surface area contributed by atoms with Crippen molar-refractivity contribution in [1.29, 1.82) is 0 Å². The average Bonchev–Trinajstić information content (AvgIpc) is 3.10. The summed E-state index contributed by atoms with van der Waals surface area (Å²) in [7, 11) is -3.67. The van der Waals surface area contributed by atoms with Gasteiger partial charge in [-0.3, -0.25) is 9.10 Å². The first-order chi connectivity index (χ1) is 14.8. The molecule has 4 rings (SSSR count). The molecular formula is C24H23ClN2O3S. The molecule has 1 N–H and O–H groups in total. The highest BCUT2D eigenvalue weighted by molar-refractivity contribution is 7.92. The van der Waals surface area contributed by atoms with Crippen LogP contribution in [0.1, 0.15) is 41.4 Å². The lowest BCUT2D eigenvalue weighted by molar-refractivity contribution is 0.0940. The quantitative estimate of drug-likeness (QED) is 0.591. The van der Waals surface area contributed by atoms with E-state index in [2.05, 4.69) is 5.32 Å². The second kappa shape index (κ2) is 8.36. The molecule has 1 aliphatic rings. The summed E-state index contributed by atoms with van der Waals surface area (Å²) in [5, 5.41) is 3.63. The molecule has 0 unspecified atom stereocenters. The van der Waals surface area contributed by atoms with Gasteiger partial charge in [-0.25, -0.2) is 8.42 Å². The highest BCUT2D eigenvalue weighted by Gasteiger charge is 2.36. The smallest absolute Gasteiger partial charge is 0.264 e. The molecule has 0 saturated carbocycles. The maximum atomic E-state index is 13.2. The van der Waals surface area contributed by atoms with Crippen molar-refractivity contribution in [2.75, 3.05) is 4.31 Å². The van der Waals surface area contributed by atoms with Crippen LogP contribution in [0.3, 0.4) is 0 Å². The minimum Gasteiger partial charge on any atom is -0.346 e. The highest BCUT2D eigenvalue weighted by Crippen LogP contribution is 2.37. The maximum absolute atomic E-state index is 13.2. The molecule has 3 aromatic rings. The number of nitrogens with zero attached hydrogens (tertiary/aromatic N) is 1. The predicted molar refractivity (Wildman–Crippen MR) is 123 cm³/mol. The number of carbonyl (C=O) groups excluding carboxylic acids is 1. The summed E-state index contributed by atoms with van der Waals surface area (Å²) < 4.78 is 27.8.